The lowest BCUT2D eigenvalue weighted by Gasteiger charge is -2.25. The number of aliphatic carboxylic acids is 1. The molecule has 6 nitrogen and oxygen atoms in total. The van der Waals surface area contributed by atoms with Crippen LogP contribution in [-0.4, -0.2) is 58.1 Å². The Morgan fingerprint density at radius 2 is 1.91 bits per heavy atom. The lowest BCUT2D eigenvalue weighted by atomic mass is 10.1. The SMILES string of the molecule is COCCN(CCOC)c1cc(CNCC(=O)O)ccc1F. The number of nitrogens with zero attached hydrogens (tertiary/aromatic N) is 1. The third-order valence-electron chi connectivity index (χ3n) is 3.09. The smallest absolute Gasteiger partial charge is 0.317 e. The molecule has 0 saturated carbocycles. The summed E-state index contributed by atoms with van der Waals surface area (Å²) in [5, 5.41) is 11.4. The standard InChI is InChI=1S/C15H23FN2O4/c1-21-7-5-18(6-8-22-2)14-9-12(3-4-13(14)16)10-17-11-15(19)20/h3-4,9,17H,5-8,10-11H2,1-2H3,(H,19,20). The maximum absolute atomic E-state index is 14.1. The molecule has 0 aromatic heterocycles. The van der Waals surface area contributed by atoms with Crippen molar-refractivity contribution in [1.29, 1.82) is 0 Å². The molecule has 0 radical (unpaired) electrons. The van der Waals surface area contributed by atoms with E-state index in [0.29, 0.717) is 38.5 Å². The molecule has 124 valence electrons. The van der Waals surface area contributed by atoms with Gasteiger partial charge in [0.25, 0.3) is 0 Å². The first-order valence-electron chi connectivity index (χ1n) is 7.02. The zero-order chi connectivity index (χ0) is 16.4. The largest absolute Gasteiger partial charge is 0.480 e. The average molecular weight is 314 g/mol. The molecule has 22 heavy (non-hydrogen) atoms. The number of anilines is 1. The second-order valence-electron chi connectivity index (χ2n) is 4.76. The van der Waals surface area contributed by atoms with Crippen molar-refractivity contribution in [3.8, 4) is 0 Å². The molecule has 0 aliphatic heterocycles. The molecule has 0 aliphatic rings. The Morgan fingerprint density at radius 1 is 1.27 bits per heavy atom. The predicted molar refractivity (Wildman–Crippen MR) is 81.7 cm³/mol. The van der Waals surface area contributed by atoms with Crippen molar-refractivity contribution in [2.75, 3.05) is 52.0 Å². The molecule has 0 bridgehead atoms. The summed E-state index contributed by atoms with van der Waals surface area (Å²) in [7, 11) is 3.19. The molecule has 1 aromatic rings. The second kappa shape index (κ2) is 10.1. The molecule has 0 fully saturated rings. The van der Waals surface area contributed by atoms with Gasteiger partial charge in [-0.15, -0.1) is 0 Å². The van der Waals surface area contributed by atoms with Gasteiger partial charge in [0.2, 0.25) is 0 Å². The van der Waals surface area contributed by atoms with Crippen LogP contribution in [0.4, 0.5) is 10.1 Å². The lowest BCUT2D eigenvalue weighted by Crippen LogP contribution is -2.31. The molecule has 0 atom stereocenters. The van der Waals surface area contributed by atoms with E-state index in [9.17, 15) is 9.18 Å². The number of hydrogen-bond donors (Lipinski definition) is 2. The summed E-state index contributed by atoms with van der Waals surface area (Å²) < 4.78 is 24.2. The summed E-state index contributed by atoms with van der Waals surface area (Å²) >= 11 is 0. The minimum Gasteiger partial charge on any atom is -0.480 e. The molecule has 0 aliphatic carbocycles. The highest BCUT2D eigenvalue weighted by Gasteiger charge is 2.12. The zero-order valence-electron chi connectivity index (χ0n) is 13.0. The molecule has 0 spiro atoms. The van der Waals surface area contributed by atoms with E-state index in [4.69, 9.17) is 14.6 Å². The van der Waals surface area contributed by atoms with Crippen LogP contribution in [0.15, 0.2) is 18.2 Å². The van der Waals surface area contributed by atoms with E-state index in [2.05, 4.69) is 5.32 Å². The molecule has 0 saturated heterocycles. The summed E-state index contributed by atoms with van der Waals surface area (Å²) in [4.78, 5) is 12.3. The number of nitrogens with one attached hydrogen (secondary N) is 1. The van der Waals surface area contributed by atoms with E-state index >= 15 is 0 Å². The van der Waals surface area contributed by atoms with Gasteiger partial charge in [0.1, 0.15) is 5.82 Å². The Kier molecular flexibility index (Phi) is 8.42. The van der Waals surface area contributed by atoms with Gasteiger partial charge >= 0.3 is 5.97 Å². The Bertz CT molecular complexity index is 463. The van der Waals surface area contributed by atoms with Crippen LogP contribution in [0.2, 0.25) is 0 Å². The molecular formula is C15H23FN2O4. The maximum Gasteiger partial charge on any atom is 0.317 e. The molecular weight excluding hydrogens is 291 g/mol. The number of benzene rings is 1. The Morgan fingerprint density at radius 3 is 2.45 bits per heavy atom. The zero-order valence-corrected chi connectivity index (χ0v) is 13.0. The van der Waals surface area contributed by atoms with E-state index < -0.39 is 5.97 Å². The van der Waals surface area contributed by atoms with E-state index in [1.54, 1.807) is 26.4 Å². The minimum absolute atomic E-state index is 0.135. The van der Waals surface area contributed by atoms with Gasteiger partial charge in [-0.25, -0.2) is 4.39 Å². The molecule has 0 unspecified atom stereocenters. The number of rotatable bonds is 11. The van der Waals surface area contributed by atoms with E-state index in [0.717, 1.165) is 5.56 Å². The Hall–Kier alpha value is -1.70. The quantitative estimate of drug-likeness (QED) is 0.637. The number of carboxylic acid groups (broad SMARTS) is 1. The Balaban J connectivity index is 2.80. The fourth-order valence-electron chi connectivity index (χ4n) is 1.98. The van der Waals surface area contributed by atoms with Gasteiger partial charge in [-0.3, -0.25) is 4.79 Å². The maximum atomic E-state index is 14.1. The van der Waals surface area contributed by atoms with Crippen LogP contribution in [0.3, 0.4) is 0 Å². The van der Waals surface area contributed by atoms with Crippen molar-refractivity contribution in [3.63, 3.8) is 0 Å². The third-order valence-corrected chi connectivity index (χ3v) is 3.09. The van der Waals surface area contributed by atoms with Crippen molar-refractivity contribution < 1.29 is 23.8 Å². The number of carbonyl (C=O) groups is 1. The summed E-state index contributed by atoms with van der Waals surface area (Å²) in [6.07, 6.45) is 0. The topological polar surface area (TPSA) is 71.0 Å². The van der Waals surface area contributed by atoms with Gasteiger partial charge in [-0.1, -0.05) is 6.07 Å². The normalized spacial score (nSPS) is 10.7. The number of halogens is 1. The molecule has 2 N–H and O–H groups in total. The molecule has 0 amide bonds. The number of methoxy groups -OCH3 is 2. The fourth-order valence-corrected chi connectivity index (χ4v) is 1.98. The molecule has 7 heteroatoms. The van der Waals surface area contributed by atoms with Crippen LogP contribution in [0.25, 0.3) is 0 Å². The van der Waals surface area contributed by atoms with Crippen molar-refractivity contribution in [2.24, 2.45) is 0 Å². The van der Waals surface area contributed by atoms with Gasteiger partial charge < -0.3 is 24.8 Å². The molecule has 1 rings (SSSR count). The van der Waals surface area contributed by atoms with Crippen LogP contribution in [0, 0.1) is 5.82 Å². The molecule has 1 aromatic carbocycles. The van der Waals surface area contributed by atoms with Crippen LogP contribution in [0.5, 0.6) is 0 Å². The van der Waals surface area contributed by atoms with E-state index in [1.165, 1.54) is 6.07 Å². The average Bonchev–Trinajstić information content (AvgIpc) is 2.49. The van der Waals surface area contributed by atoms with Gasteiger partial charge in [0.15, 0.2) is 0 Å². The van der Waals surface area contributed by atoms with Gasteiger partial charge in [0, 0.05) is 33.9 Å². The Labute approximate surface area is 129 Å². The predicted octanol–water partition coefficient (Wildman–Crippen LogP) is 1.10. The van der Waals surface area contributed by atoms with Crippen molar-refractivity contribution >= 4 is 11.7 Å². The van der Waals surface area contributed by atoms with Crippen molar-refractivity contribution in [3.05, 3.63) is 29.6 Å². The summed E-state index contributed by atoms with van der Waals surface area (Å²) in [5.74, 6) is -1.25. The van der Waals surface area contributed by atoms with Crippen molar-refractivity contribution in [1.82, 2.24) is 5.32 Å². The van der Waals surface area contributed by atoms with Crippen LogP contribution < -0.4 is 10.2 Å². The first-order valence-corrected chi connectivity index (χ1v) is 7.02. The first kappa shape index (κ1) is 18.3. The monoisotopic (exact) mass is 314 g/mol. The van der Waals surface area contributed by atoms with Crippen molar-refractivity contribution in [2.45, 2.75) is 6.54 Å². The van der Waals surface area contributed by atoms with Gasteiger partial charge in [0.05, 0.1) is 25.4 Å². The van der Waals surface area contributed by atoms with Crippen LogP contribution >= 0.6 is 0 Å². The van der Waals surface area contributed by atoms with Gasteiger partial charge in [-0.2, -0.15) is 0 Å². The van der Waals surface area contributed by atoms with Crippen LogP contribution in [-0.2, 0) is 20.8 Å². The fraction of sp³-hybridized carbons (Fsp3) is 0.533. The highest BCUT2D eigenvalue weighted by Crippen LogP contribution is 2.21. The second-order valence-corrected chi connectivity index (χ2v) is 4.76. The van der Waals surface area contributed by atoms with E-state index in [1.807, 2.05) is 4.90 Å². The molecule has 0 heterocycles. The highest BCUT2D eigenvalue weighted by atomic mass is 19.1. The lowest BCUT2D eigenvalue weighted by molar-refractivity contribution is -0.135. The van der Waals surface area contributed by atoms with Crippen LogP contribution in [0.1, 0.15) is 5.56 Å². The first-order chi connectivity index (χ1) is 10.6. The highest BCUT2D eigenvalue weighted by molar-refractivity contribution is 5.69. The number of carboxylic acids is 1. The number of hydrogen-bond acceptors (Lipinski definition) is 5. The minimum atomic E-state index is -0.927. The summed E-state index contributed by atoms with van der Waals surface area (Å²) in [5.41, 5.74) is 1.28. The summed E-state index contributed by atoms with van der Waals surface area (Å²) in [6, 6.07) is 4.74. The summed E-state index contributed by atoms with van der Waals surface area (Å²) in [6.45, 7) is 2.27. The van der Waals surface area contributed by atoms with E-state index in [-0.39, 0.29) is 12.4 Å². The number of ether oxygens (including phenoxy) is 2. The van der Waals surface area contributed by atoms with Gasteiger partial charge in [-0.05, 0) is 17.7 Å². The third kappa shape index (κ3) is 6.38.